The second-order valence-electron chi connectivity index (χ2n) is 4.28. The monoisotopic (exact) mass is 285 g/mol. The third-order valence-electron chi connectivity index (χ3n) is 2.71. The van der Waals surface area contributed by atoms with Gasteiger partial charge in [0.15, 0.2) is 0 Å². The van der Waals surface area contributed by atoms with Crippen molar-refractivity contribution < 1.29 is 5.11 Å². The summed E-state index contributed by atoms with van der Waals surface area (Å²) in [5, 5.41) is 13.3. The van der Waals surface area contributed by atoms with E-state index in [4.69, 9.17) is 0 Å². The average molecular weight is 286 g/mol. The third-order valence-corrected chi connectivity index (χ3v) is 3.21. The maximum atomic E-state index is 9.79. The Morgan fingerprint density at radius 2 is 2.06 bits per heavy atom. The molecule has 2 N–H and O–H groups in total. The molecule has 3 heteroatoms. The molecule has 0 fully saturated rings. The first-order valence-electron chi connectivity index (χ1n) is 5.79. The smallest absolute Gasteiger partial charge is 0.120 e. The van der Waals surface area contributed by atoms with Crippen LogP contribution in [0.5, 0.6) is 5.75 Å². The van der Waals surface area contributed by atoms with E-state index >= 15 is 0 Å². The zero-order valence-electron chi connectivity index (χ0n) is 10.1. The van der Waals surface area contributed by atoms with Crippen LogP contribution in [0.1, 0.15) is 45.2 Å². The molecule has 90 valence electrons. The number of halogens is 1. The van der Waals surface area contributed by atoms with Crippen LogP contribution >= 0.6 is 15.9 Å². The fourth-order valence-corrected chi connectivity index (χ4v) is 2.28. The second kappa shape index (κ2) is 6.26. The molecule has 0 aliphatic heterocycles. The maximum absolute atomic E-state index is 9.79. The topological polar surface area (TPSA) is 32.3 Å². The molecule has 16 heavy (non-hydrogen) atoms. The zero-order chi connectivity index (χ0) is 12.1. The molecule has 1 aromatic carbocycles. The van der Waals surface area contributed by atoms with E-state index < -0.39 is 0 Å². The van der Waals surface area contributed by atoms with Gasteiger partial charge in [-0.3, -0.25) is 0 Å². The van der Waals surface area contributed by atoms with Gasteiger partial charge < -0.3 is 10.4 Å². The Labute approximate surface area is 106 Å². The normalized spacial score (nSPS) is 14.8. The molecule has 0 aromatic heterocycles. The van der Waals surface area contributed by atoms with Crippen molar-refractivity contribution in [3.8, 4) is 5.75 Å². The summed E-state index contributed by atoms with van der Waals surface area (Å²) in [4.78, 5) is 0. The van der Waals surface area contributed by atoms with Crippen LogP contribution < -0.4 is 5.32 Å². The molecule has 0 saturated heterocycles. The molecular weight excluding hydrogens is 266 g/mol. The van der Waals surface area contributed by atoms with Crippen molar-refractivity contribution in [1.82, 2.24) is 5.32 Å². The van der Waals surface area contributed by atoms with Gasteiger partial charge in [0.25, 0.3) is 0 Å². The Morgan fingerprint density at radius 3 is 2.69 bits per heavy atom. The van der Waals surface area contributed by atoms with E-state index in [-0.39, 0.29) is 6.04 Å². The highest BCUT2D eigenvalue weighted by molar-refractivity contribution is 9.10. The van der Waals surface area contributed by atoms with Crippen LogP contribution in [-0.4, -0.2) is 11.1 Å². The fourth-order valence-electron chi connectivity index (χ4n) is 1.91. The number of phenols is 1. The Morgan fingerprint density at radius 1 is 1.38 bits per heavy atom. The molecule has 1 rings (SSSR count). The van der Waals surface area contributed by atoms with Gasteiger partial charge in [-0.15, -0.1) is 0 Å². The summed E-state index contributed by atoms with van der Waals surface area (Å²) in [6.07, 6.45) is 2.32. The minimum absolute atomic E-state index is 0.166. The van der Waals surface area contributed by atoms with Crippen LogP contribution in [0.4, 0.5) is 0 Å². The van der Waals surface area contributed by atoms with E-state index in [1.165, 1.54) is 6.42 Å². The summed E-state index contributed by atoms with van der Waals surface area (Å²) in [7, 11) is 0. The number of rotatable bonds is 5. The Balaban J connectivity index is 2.72. The SMILES string of the molecule is CCCC(C)NC(C)c1cc(Br)ccc1O. The van der Waals surface area contributed by atoms with Crippen LogP contribution in [0.3, 0.4) is 0 Å². The van der Waals surface area contributed by atoms with Gasteiger partial charge >= 0.3 is 0 Å². The lowest BCUT2D eigenvalue weighted by atomic mass is 10.1. The third kappa shape index (κ3) is 3.80. The van der Waals surface area contributed by atoms with Crippen LogP contribution in [0, 0.1) is 0 Å². The largest absolute Gasteiger partial charge is 0.508 e. The molecule has 2 atom stereocenters. The molecule has 2 nitrogen and oxygen atoms in total. The highest BCUT2D eigenvalue weighted by Crippen LogP contribution is 2.27. The van der Waals surface area contributed by atoms with Gasteiger partial charge in [-0.1, -0.05) is 29.3 Å². The summed E-state index contributed by atoms with van der Waals surface area (Å²) in [6, 6.07) is 6.17. The summed E-state index contributed by atoms with van der Waals surface area (Å²) in [5.74, 6) is 0.354. The lowest BCUT2D eigenvalue weighted by Crippen LogP contribution is -2.28. The number of nitrogens with one attached hydrogen (secondary N) is 1. The number of aromatic hydroxyl groups is 1. The predicted molar refractivity (Wildman–Crippen MR) is 71.7 cm³/mol. The van der Waals surface area contributed by atoms with Gasteiger partial charge in [-0.2, -0.15) is 0 Å². The lowest BCUT2D eigenvalue weighted by molar-refractivity contribution is 0.423. The van der Waals surface area contributed by atoms with Gasteiger partial charge in [-0.25, -0.2) is 0 Å². The molecular formula is C13H20BrNO. The van der Waals surface area contributed by atoms with Crippen molar-refractivity contribution in [3.63, 3.8) is 0 Å². The van der Waals surface area contributed by atoms with Crippen LogP contribution in [0.2, 0.25) is 0 Å². The lowest BCUT2D eigenvalue weighted by Gasteiger charge is -2.20. The molecule has 0 radical (unpaired) electrons. The first-order chi connectivity index (χ1) is 7.54. The van der Waals surface area contributed by atoms with Crippen LogP contribution in [0.25, 0.3) is 0 Å². The van der Waals surface area contributed by atoms with Crippen molar-refractivity contribution in [3.05, 3.63) is 28.2 Å². The summed E-state index contributed by atoms with van der Waals surface area (Å²) in [5.41, 5.74) is 0.942. The van der Waals surface area contributed by atoms with E-state index in [1.807, 2.05) is 12.1 Å². The van der Waals surface area contributed by atoms with Gasteiger partial charge in [0, 0.05) is 22.1 Å². The number of benzene rings is 1. The molecule has 0 aliphatic carbocycles. The fraction of sp³-hybridized carbons (Fsp3) is 0.538. The van der Waals surface area contributed by atoms with Crippen molar-refractivity contribution in [2.24, 2.45) is 0 Å². The van der Waals surface area contributed by atoms with Gasteiger partial charge in [0.1, 0.15) is 5.75 Å². The van der Waals surface area contributed by atoms with E-state index in [2.05, 4.69) is 42.0 Å². The highest BCUT2D eigenvalue weighted by Gasteiger charge is 2.12. The average Bonchev–Trinajstić information content (AvgIpc) is 2.21. The van der Waals surface area contributed by atoms with Gasteiger partial charge in [0.05, 0.1) is 0 Å². The van der Waals surface area contributed by atoms with E-state index in [1.54, 1.807) is 6.07 Å². The molecule has 2 unspecified atom stereocenters. The van der Waals surface area contributed by atoms with E-state index in [9.17, 15) is 5.11 Å². The molecule has 0 heterocycles. The summed E-state index contributed by atoms with van der Waals surface area (Å²) in [6.45, 7) is 6.43. The molecule has 0 aliphatic rings. The van der Waals surface area contributed by atoms with Gasteiger partial charge in [0.2, 0.25) is 0 Å². The molecule has 0 saturated carbocycles. The van der Waals surface area contributed by atoms with Crippen molar-refractivity contribution in [2.45, 2.75) is 45.7 Å². The highest BCUT2D eigenvalue weighted by atomic mass is 79.9. The minimum Gasteiger partial charge on any atom is -0.508 e. The molecule has 0 amide bonds. The molecule has 0 spiro atoms. The standard InChI is InChI=1S/C13H20BrNO/c1-4-5-9(2)15-10(3)12-8-11(14)6-7-13(12)16/h6-10,15-16H,4-5H2,1-3H3. The van der Waals surface area contributed by atoms with Crippen molar-refractivity contribution in [1.29, 1.82) is 0 Å². The predicted octanol–water partition coefficient (Wildman–Crippen LogP) is 3.99. The number of hydrogen-bond donors (Lipinski definition) is 2. The van der Waals surface area contributed by atoms with Crippen molar-refractivity contribution in [2.75, 3.05) is 0 Å². The Hall–Kier alpha value is -0.540. The second-order valence-corrected chi connectivity index (χ2v) is 5.20. The van der Waals surface area contributed by atoms with Crippen LogP contribution in [-0.2, 0) is 0 Å². The minimum atomic E-state index is 0.166. The summed E-state index contributed by atoms with van der Waals surface area (Å²) < 4.78 is 0.997. The Bertz CT molecular complexity index is 341. The van der Waals surface area contributed by atoms with Crippen molar-refractivity contribution >= 4 is 15.9 Å². The first kappa shape index (κ1) is 13.5. The number of phenolic OH excluding ortho intramolecular Hbond substituents is 1. The zero-order valence-corrected chi connectivity index (χ0v) is 11.7. The molecule has 1 aromatic rings. The number of hydrogen-bond acceptors (Lipinski definition) is 2. The quantitative estimate of drug-likeness (QED) is 0.857. The van der Waals surface area contributed by atoms with Gasteiger partial charge in [-0.05, 0) is 38.5 Å². The molecule has 0 bridgehead atoms. The van der Waals surface area contributed by atoms with E-state index in [0.717, 1.165) is 16.5 Å². The van der Waals surface area contributed by atoms with E-state index in [0.29, 0.717) is 11.8 Å². The van der Waals surface area contributed by atoms with Crippen LogP contribution in [0.15, 0.2) is 22.7 Å². The Kier molecular flexibility index (Phi) is 5.29. The summed E-state index contributed by atoms with van der Waals surface area (Å²) >= 11 is 3.42. The maximum Gasteiger partial charge on any atom is 0.120 e. The first-order valence-corrected chi connectivity index (χ1v) is 6.58.